The van der Waals surface area contributed by atoms with Crippen LogP contribution in [0.3, 0.4) is 0 Å². The topological polar surface area (TPSA) is 21.3 Å². The van der Waals surface area contributed by atoms with Gasteiger partial charge in [0.25, 0.3) is 0 Å². The van der Waals surface area contributed by atoms with Crippen LogP contribution >= 0.6 is 11.3 Å². The van der Waals surface area contributed by atoms with Gasteiger partial charge in [0.2, 0.25) is 0 Å². The van der Waals surface area contributed by atoms with Crippen LogP contribution < -0.4 is 10.1 Å². The molecule has 2 aromatic carbocycles. The van der Waals surface area contributed by atoms with Crippen LogP contribution in [0.2, 0.25) is 0 Å². The lowest BCUT2D eigenvalue weighted by molar-refractivity contribution is 0.307. The standard InChI is InChI=1S/C13H12O.C4H4S.C2H7N/c1-2-6-12-10(4-1)5-3-7-13(12)14-11-8-9-11;1-2-4-5-3-1;1-3-2/h1-7,11H,8-9H2;1-4H;3H,1-2H3. The normalized spacial score (nSPS) is 12.6. The Kier molecular flexibility index (Phi) is 6.94. The van der Waals surface area contributed by atoms with Crippen LogP contribution in [0.4, 0.5) is 0 Å². The Morgan fingerprint density at radius 2 is 1.55 bits per heavy atom. The van der Waals surface area contributed by atoms with Gasteiger partial charge in [-0.1, -0.05) is 48.5 Å². The maximum absolute atomic E-state index is 5.84. The Labute approximate surface area is 136 Å². The molecule has 1 aliphatic carbocycles. The molecule has 0 saturated heterocycles. The van der Waals surface area contributed by atoms with Gasteiger partial charge in [-0.05, 0) is 49.1 Å². The Morgan fingerprint density at radius 3 is 2.14 bits per heavy atom. The number of benzene rings is 2. The van der Waals surface area contributed by atoms with Crippen molar-refractivity contribution in [3.8, 4) is 5.75 Å². The fraction of sp³-hybridized carbons (Fsp3) is 0.263. The highest BCUT2D eigenvalue weighted by Crippen LogP contribution is 2.31. The van der Waals surface area contributed by atoms with Gasteiger partial charge in [-0.15, -0.1) is 0 Å². The molecule has 1 heterocycles. The molecule has 3 aromatic rings. The Bertz CT molecular complexity index is 625. The van der Waals surface area contributed by atoms with Crippen LogP contribution in [-0.4, -0.2) is 20.2 Å². The minimum atomic E-state index is 0.473. The highest BCUT2D eigenvalue weighted by molar-refractivity contribution is 7.07. The highest BCUT2D eigenvalue weighted by Gasteiger charge is 2.23. The Balaban J connectivity index is 0.000000184. The van der Waals surface area contributed by atoms with Gasteiger partial charge in [0, 0.05) is 5.39 Å². The summed E-state index contributed by atoms with van der Waals surface area (Å²) >= 11 is 1.71. The molecule has 0 bridgehead atoms. The van der Waals surface area contributed by atoms with Crippen molar-refractivity contribution in [1.82, 2.24) is 5.32 Å². The molecule has 116 valence electrons. The zero-order chi connectivity index (χ0) is 15.6. The molecule has 0 radical (unpaired) electrons. The van der Waals surface area contributed by atoms with Gasteiger partial charge in [0.15, 0.2) is 0 Å². The summed E-state index contributed by atoms with van der Waals surface area (Å²) in [5.74, 6) is 1.03. The first-order chi connectivity index (χ1) is 10.8. The van der Waals surface area contributed by atoms with Crippen LogP contribution in [-0.2, 0) is 0 Å². The van der Waals surface area contributed by atoms with E-state index in [1.54, 1.807) is 11.3 Å². The number of hydrogen-bond acceptors (Lipinski definition) is 3. The number of thiophene rings is 1. The fourth-order valence-corrected chi connectivity index (χ4v) is 2.34. The predicted molar refractivity (Wildman–Crippen MR) is 96.9 cm³/mol. The van der Waals surface area contributed by atoms with Crippen molar-refractivity contribution in [3.63, 3.8) is 0 Å². The molecule has 0 spiro atoms. The molecule has 1 aliphatic rings. The van der Waals surface area contributed by atoms with E-state index in [9.17, 15) is 0 Å². The van der Waals surface area contributed by atoms with Gasteiger partial charge >= 0.3 is 0 Å². The van der Waals surface area contributed by atoms with E-state index in [0.29, 0.717) is 6.10 Å². The maximum atomic E-state index is 5.84. The van der Waals surface area contributed by atoms with Crippen molar-refractivity contribution >= 4 is 22.1 Å². The zero-order valence-corrected chi connectivity index (χ0v) is 14.0. The van der Waals surface area contributed by atoms with Gasteiger partial charge in [-0.25, -0.2) is 0 Å². The molecule has 4 rings (SSSR count). The van der Waals surface area contributed by atoms with Crippen molar-refractivity contribution < 1.29 is 4.74 Å². The lowest BCUT2D eigenvalue weighted by Crippen LogP contribution is -1.95. The van der Waals surface area contributed by atoms with Crippen molar-refractivity contribution in [2.45, 2.75) is 18.9 Å². The van der Waals surface area contributed by atoms with Crippen LogP contribution in [0.5, 0.6) is 5.75 Å². The molecule has 3 heteroatoms. The van der Waals surface area contributed by atoms with E-state index in [2.05, 4.69) is 47.8 Å². The molecular weight excluding hydrogens is 290 g/mol. The van der Waals surface area contributed by atoms with Crippen LogP contribution in [0, 0.1) is 0 Å². The second-order valence-corrected chi connectivity index (χ2v) is 5.90. The smallest absolute Gasteiger partial charge is 0.127 e. The third-order valence-electron chi connectivity index (χ3n) is 2.99. The van der Waals surface area contributed by atoms with Gasteiger partial charge in [0.1, 0.15) is 5.75 Å². The van der Waals surface area contributed by atoms with Gasteiger partial charge < -0.3 is 10.1 Å². The molecule has 0 aliphatic heterocycles. The average Bonchev–Trinajstić information content (AvgIpc) is 3.16. The van der Waals surface area contributed by atoms with Crippen LogP contribution in [0.1, 0.15) is 12.8 Å². The molecular formula is C19H23NOS. The Morgan fingerprint density at radius 1 is 0.909 bits per heavy atom. The van der Waals surface area contributed by atoms with Crippen LogP contribution in [0.15, 0.2) is 65.4 Å². The predicted octanol–water partition coefficient (Wildman–Crippen LogP) is 4.96. The van der Waals surface area contributed by atoms with E-state index in [0.717, 1.165) is 5.75 Å². The minimum absolute atomic E-state index is 0.473. The number of rotatable bonds is 2. The first-order valence-electron chi connectivity index (χ1n) is 7.55. The largest absolute Gasteiger partial charge is 0.490 e. The average molecular weight is 313 g/mol. The molecule has 1 aromatic heterocycles. The molecule has 0 amide bonds. The summed E-state index contributed by atoms with van der Waals surface area (Å²) in [7, 11) is 3.75. The van der Waals surface area contributed by atoms with E-state index in [1.165, 1.54) is 23.6 Å². The van der Waals surface area contributed by atoms with Crippen LogP contribution in [0.25, 0.3) is 10.8 Å². The third-order valence-corrected chi connectivity index (χ3v) is 3.62. The molecule has 22 heavy (non-hydrogen) atoms. The molecule has 1 fully saturated rings. The number of nitrogens with one attached hydrogen (secondary N) is 1. The van der Waals surface area contributed by atoms with Crippen molar-refractivity contribution in [2.75, 3.05) is 14.1 Å². The first kappa shape index (κ1) is 16.5. The van der Waals surface area contributed by atoms with E-state index in [4.69, 9.17) is 4.74 Å². The fourth-order valence-electron chi connectivity index (χ4n) is 1.89. The van der Waals surface area contributed by atoms with E-state index in [1.807, 2.05) is 37.0 Å². The summed E-state index contributed by atoms with van der Waals surface area (Å²) in [6, 6.07) is 18.6. The second-order valence-electron chi connectivity index (χ2n) is 5.09. The van der Waals surface area contributed by atoms with E-state index < -0.39 is 0 Å². The van der Waals surface area contributed by atoms with Gasteiger partial charge in [-0.2, -0.15) is 11.3 Å². The Hall–Kier alpha value is -1.84. The third kappa shape index (κ3) is 5.51. The summed E-state index contributed by atoms with van der Waals surface area (Å²) in [4.78, 5) is 0. The first-order valence-corrected chi connectivity index (χ1v) is 8.49. The lowest BCUT2D eigenvalue weighted by Gasteiger charge is -2.07. The molecule has 0 unspecified atom stereocenters. The zero-order valence-electron chi connectivity index (χ0n) is 13.2. The summed E-state index contributed by atoms with van der Waals surface area (Å²) in [5.41, 5.74) is 0. The van der Waals surface area contributed by atoms with Gasteiger partial charge in [0.05, 0.1) is 6.10 Å². The molecule has 1 saturated carbocycles. The minimum Gasteiger partial charge on any atom is -0.490 e. The monoisotopic (exact) mass is 313 g/mol. The summed E-state index contributed by atoms with van der Waals surface area (Å²) in [6.07, 6.45) is 2.90. The molecule has 2 nitrogen and oxygen atoms in total. The summed E-state index contributed by atoms with van der Waals surface area (Å²) in [5, 5.41) is 9.31. The quantitative estimate of drug-likeness (QED) is 0.721. The van der Waals surface area contributed by atoms with Crippen molar-refractivity contribution in [3.05, 3.63) is 65.4 Å². The highest BCUT2D eigenvalue weighted by atomic mass is 32.1. The number of ether oxygens (including phenoxy) is 1. The molecule has 1 N–H and O–H groups in total. The van der Waals surface area contributed by atoms with Crippen molar-refractivity contribution in [2.24, 2.45) is 0 Å². The SMILES string of the molecule is CNC.c1ccc2c(OC3CC3)cccc2c1.c1ccsc1. The lowest BCUT2D eigenvalue weighted by atomic mass is 10.1. The second kappa shape index (κ2) is 9.23. The van der Waals surface area contributed by atoms with Crippen molar-refractivity contribution in [1.29, 1.82) is 0 Å². The number of hydrogen-bond donors (Lipinski definition) is 1. The van der Waals surface area contributed by atoms with E-state index in [-0.39, 0.29) is 0 Å². The summed E-state index contributed by atoms with van der Waals surface area (Å²) < 4.78 is 5.84. The number of fused-ring (bicyclic) bond motifs is 1. The van der Waals surface area contributed by atoms with E-state index >= 15 is 0 Å². The molecule has 0 atom stereocenters. The summed E-state index contributed by atoms with van der Waals surface area (Å²) in [6.45, 7) is 0. The maximum Gasteiger partial charge on any atom is 0.127 e. The van der Waals surface area contributed by atoms with Gasteiger partial charge in [-0.3, -0.25) is 0 Å².